The number of methoxy groups -OCH3 is 1. The van der Waals surface area contributed by atoms with E-state index in [0.717, 1.165) is 5.56 Å². The number of benzene rings is 2. The summed E-state index contributed by atoms with van der Waals surface area (Å²) in [5, 5.41) is 6.14. The fraction of sp³-hybridized carbons (Fsp3) is 0.158. The Hall–Kier alpha value is -3.68. The van der Waals surface area contributed by atoms with Crippen molar-refractivity contribution in [2.45, 2.75) is 6.92 Å². The van der Waals surface area contributed by atoms with Gasteiger partial charge in [-0.05, 0) is 61.0 Å². The number of nitrogens with zero attached hydrogens (tertiary/aromatic N) is 1. The van der Waals surface area contributed by atoms with Crippen molar-refractivity contribution >= 4 is 29.7 Å². The molecule has 0 heterocycles. The molecule has 0 spiro atoms. The first-order chi connectivity index (χ1) is 13.0. The number of nitrogens with one attached hydrogen (secondary N) is 2. The molecule has 0 radical (unpaired) electrons. The van der Waals surface area contributed by atoms with Crippen molar-refractivity contribution in [3.63, 3.8) is 0 Å². The summed E-state index contributed by atoms with van der Waals surface area (Å²) in [6.45, 7) is 1.98. The van der Waals surface area contributed by atoms with E-state index in [1.807, 2.05) is 0 Å². The lowest BCUT2D eigenvalue weighted by Crippen LogP contribution is -2.32. The van der Waals surface area contributed by atoms with E-state index in [1.54, 1.807) is 38.3 Å². The zero-order valence-corrected chi connectivity index (χ0v) is 14.9. The lowest BCUT2D eigenvalue weighted by atomic mass is 10.2. The normalized spacial score (nSPS) is 10.3. The Bertz CT molecular complexity index is 829. The SMILES string of the molecule is CCOC(=O)c1ccc(NC(=O)C(=O)NN=Cc2ccc(OC)cc2)cc1. The maximum absolute atomic E-state index is 11.9. The van der Waals surface area contributed by atoms with E-state index in [0.29, 0.717) is 17.0 Å². The van der Waals surface area contributed by atoms with Gasteiger partial charge in [-0.25, -0.2) is 10.2 Å². The van der Waals surface area contributed by atoms with Gasteiger partial charge in [0.1, 0.15) is 5.75 Å². The summed E-state index contributed by atoms with van der Waals surface area (Å²) in [6.07, 6.45) is 1.40. The van der Waals surface area contributed by atoms with Crippen LogP contribution in [0.15, 0.2) is 53.6 Å². The summed E-state index contributed by atoms with van der Waals surface area (Å²) >= 11 is 0. The quantitative estimate of drug-likeness (QED) is 0.350. The molecule has 27 heavy (non-hydrogen) atoms. The molecule has 8 nitrogen and oxygen atoms in total. The van der Waals surface area contributed by atoms with Crippen molar-refractivity contribution in [1.82, 2.24) is 5.43 Å². The van der Waals surface area contributed by atoms with Crippen LogP contribution in [0, 0.1) is 0 Å². The molecular formula is C19H19N3O5. The highest BCUT2D eigenvalue weighted by molar-refractivity contribution is 6.39. The highest BCUT2D eigenvalue weighted by Crippen LogP contribution is 2.11. The fourth-order valence-corrected chi connectivity index (χ4v) is 2.00. The first kappa shape index (κ1) is 19.6. The van der Waals surface area contributed by atoms with Crippen LogP contribution in [0.4, 0.5) is 5.69 Å². The first-order valence-corrected chi connectivity index (χ1v) is 8.09. The summed E-state index contributed by atoms with van der Waals surface area (Å²) in [5.41, 5.74) is 3.58. The van der Waals surface area contributed by atoms with E-state index in [9.17, 15) is 14.4 Å². The molecule has 0 aliphatic rings. The molecule has 0 saturated heterocycles. The molecule has 2 aromatic carbocycles. The number of ether oxygens (including phenoxy) is 2. The molecule has 2 rings (SSSR count). The van der Waals surface area contributed by atoms with Crippen molar-refractivity contribution in [2.75, 3.05) is 19.0 Å². The van der Waals surface area contributed by atoms with Crippen LogP contribution in [-0.2, 0) is 14.3 Å². The Morgan fingerprint density at radius 3 is 2.26 bits per heavy atom. The highest BCUT2D eigenvalue weighted by atomic mass is 16.5. The minimum absolute atomic E-state index is 0.272. The van der Waals surface area contributed by atoms with Gasteiger partial charge in [0.25, 0.3) is 0 Å². The Kier molecular flexibility index (Phi) is 7.07. The van der Waals surface area contributed by atoms with E-state index in [-0.39, 0.29) is 6.61 Å². The molecule has 140 valence electrons. The Labute approximate surface area is 156 Å². The molecular weight excluding hydrogens is 350 g/mol. The monoisotopic (exact) mass is 369 g/mol. The van der Waals surface area contributed by atoms with Crippen LogP contribution in [0.25, 0.3) is 0 Å². The van der Waals surface area contributed by atoms with Crippen LogP contribution in [-0.4, -0.2) is 37.7 Å². The number of esters is 1. The summed E-state index contributed by atoms with van der Waals surface area (Å²) in [5.74, 6) is -1.56. The second kappa shape index (κ2) is 9.71. The number of carbonyl (C=O) groups excluding carboxylic acids is 3. The minimum Gasteiger partial charge on any atom is -0.497 e. The molecule has 2 N–H and O–H groups in total. The number of carbonyl (C=O) groups is 3. The molecule has 2 amide bonds. The molecule has 0 fully saturated rings. The minimum atomic E-state index is -0.922. The summed E-state index contributed by atoms with van der Waals surface area (Å²) < 4.78 is 9.91. The van der Waals surface area contributed by atoms with Gasteiger partial charge in [-0.1, -0.05) is 0 Å². The summed E-state index contributed by atoms with van der Waals surface area (Å²) in [4.78, 5) is 35.2. The summed E-state index contributed by atoms with van der Waals surface area (Å²) in [7, 11) is 1.56. The molecule has 0 aliphatic carbocycles. The zero-order chi connectivity index (χ0) is 19.6. The first-order valence-electron chi connectivity index (χ1n) is 8.09. The fourth-order valence-electron chi connectivity index (χ4n) is 2.00. The Balaban J connectivity index is 1.86. The number of hydrogen-bond donors (Lipinski definition) is 2. The smallest absolute Gasteiger partial charge is 0.338 e. The van der Waals surface area contributed by atoms with Gasteiger partial charge in [0.2, 0.25) is 0 Å². The zero-order valence-electron chi connectivity index (χ0n) is 14.9. The van der Waals surface area contributed by atoms with Crippen molar-refractivity contribution in [3.8, 4) is 5.75 Å². The van der Waals surface area contributed by atoms with Gasteiger partial charge in [-0.3, -0.25) is 9.59 Å². The Morgan fingerprint density at radius 1 is 1.00 bits per heavy atom. The number of hydrazone groups is 1. The lowest BCUT2D eigenvalue weighted by molar-refractivity contribution is -0.136. The van der Waals surface area contributed by atoms with Crippen LogP contribution in [0.3, 0.4) is 0 Å². The molecule has 0 saturated carbocycles. The largest absolute Gasteiger partial charge is 0.497 e. The van der Waals surface area contributed by atoms with Crippen LogP contribution in [0.5, 0.6) is 5.75 Å². The highest BCUT2D eigenvalue weighted by Gasteiger charge is 2.13. The third-order valence-corrected chi connectivity index (χ3v) is 3.36. The topological polar surface area (TPSA) is 106 Å². The van der Waals surface area contributed by atoms with E-state index < -0.39 is 17.8 Å². The van der Waals surface area contributed by atoms with Crippen molar-refractivity contribution < 1.29 is 23.9 Å². The van der Waals surface area contributed by atoms with Crippen LogP contribution in [0.1, 0.15) is 22.8 Å². The van der Waals surface area contributed by atoms with Gasteiger partial charge in [0.05, 0.1) is 25.5 Å². The van der Waals surface area contributed by atoms with Crippen LogP contribution >= 0.6 is 0 Å². The second-order valence-electron chi connectivity index (χ2n) is 5.22. The molecule has 0 aliphatic heterocycles. The van der Waals surface area contributed by atoms with E-state index in [2.05, 4.69) is 15.8 Å². The van der Waals surface area contributed by atoms with Crippen molar-refractivity contribution in [2.24, 2.45) is 5.10 Å². The van der Waals surface area contributed by atoms with Gasteiger partial charge in [0.15, 0.2) is 0 Å². The van der Waals surface area contributed by atoms with Gasteiger partial charge < -0.3 is 14.8 Å². The third kappa shape index (κ3) is 5.96. The molecule has 0 bridgehead atoms. The third-order valence-electron chi connectivity index (χ3n) is 3.36. The van der Waals surface area contributed by atoms with Crippen LogP contribution in [0.2, 0.25) is 0 Å². The number of amides is 2. The molecule has 0 unspecified atom stereocenters. The lowest BCUT2D eigenvalue weighted by Gasteiger charge is -2.05. The van der Waals surface area contributed by atoms with Crippen LogP contribution < -0.4 is 15.5 Å². The average molecular weight is 369 g/mol. The maximum atomic E-state index is 11.9. The second-order valence-corrected chi connectivity index (χ2v) is 5.22. The van der Waals surface area contributed by atoms with E-state index in [1.165, 1.54) is 30.5 Å². The molecule has 2 aromatic rings. The van der Waals surface area contributed by atoms with Crippen molar-refractivity contribution in [3.05, 3.63) is 59.7 Å². The molecule has 8 heteroatoms. The number of anilines is 1. The predicted molar refractivity (Wildman–Crippen MR) is 99.8 cm³/mol. The standard InChI is InChI=1S/C19H19N3O5/c1-3-27-19(25)14-6-8-15(9-7-14)21-17(23)18(24)22-20-12-13-4-10-16(26-2)11-5-13/h4-12H,3H2,1-2H3,(H,21,23)(H,22,24). The van der Waals surface area contributed by atoms with Gasteiger partial charge >= 0.3 is 17.8 Å². The van der Waals surface area contributed by atoms with Gasteiger partial charge in [-0.15, -0.1) is 0 Å². The maximum Gasteiger partial charge on any atom is 0.338 e. The predicted octanol–water partition coefficient (Wildman–Crippen LogP) is 1.96. The number of rotatable bonds is 6. The van der Waals surface area contributed by atoms with E-state index in [4.69, 9.17) is 9.47 Å². The number of hydrogen-bond acceptors (Lipinski definition) is 6. The molecule has 0 aromatic heterocycles. The Morgan fingerprint density at radius 2 is 1.67 bits per heavy atom. The molecule has 0 atom stereocenters. The van der Waals surface area contributed by atoms with Gasteiger partial charge in [-0.2, -0.15) is 5.10 Å². The van der Waals surface area contributed by atoms with E-state index >= 15 is 0 Å². The van der Waals surface area contributed by atoms with Crippen molar-refractivity contribution in [1.29, 1.82) is 0 Å². The van der Waals surface area contributed by atoms with Gasteiger partial charge in [0, 0.05) is 5.69 Å². The average Bonchev–Trinajstić information content (AvgIpc) is 2.69. The summed E-state index contributed by atoms with van der Waals surface area (Å²) in [6, 6.07) is 13.0.